The van der Waals surface area contributed by atoms with Gasteiger partial charge in [0.05, 0.1) is 7.11 Å². The first kappa shape index (κ1) is 8.08. The van der Waals surface area contributed by atoms with Crippen molar-refractivity contribution < 1.29 is 4.74 Å². The Bertz CT molecular complexity index is 223. The van der Waals surface area contributed by atoms with Crippen molar-refractivity contribution in [3.8, 4) is 5.75 Å². The number of rotatable bonds is 3. The number of methoxy groups -OCH3 is 1. The van der Waals surface area contributed by atoms with Crippen LogP contribution in [0, 0.1) is 7.05 Å². The monoisotopic (exact) mass is 149 g/mol. The van der Waals surface area contributed by atoms with E-state index in [0.717, 1.165) is 11.3 Å². The molecular formula is C9H11NO-. The van der Waals surface area contributed by atoms with E-state index in [2.05, 4.69) is 12.4 Å². The molecule has 59 valence electrons. The Kier molecular flexibility index (Phi) is 2.93. The molecule has 1 aromatic rings. The molecule has 0 saturated heterocycles. The van der Waals surface area contributed by atoms with E-state index in [4.69, 9.17) is 4.74 Å². The molecule has 0 aliphatic heterocycles. The van der Waals surface area contributed by atoms with Crippen LogP contribution in [0.3, 0.4) is 0 Å². The highest BCUT2D eigenvalue weighted by Crippen LogP contribution is 2.11. The highest BCUT2D eigenvalue weighted by atomic mass is 16.5. The summed E-state index contributed by atoms with van der Waals surface area (Å²) in [5.41, 5.74) is 1.12. The summed E-state index contributed by atoms with van der Waals surface area (Å²) in [6.07, 6.45) is 0. The quantitative estimate of drug-likeness (QED) is 0.598. The van der Waals surface area contributed by atoms with Gasteiger partial charge in [-0.15, -0.1) is 0 Å². The van der Waals surface area contributed by atoms with Gasteiger partial charge in [-0.05, 0) is 17.7 Å². The first-order valence-corrected chi connectivity index (χ1v) is 3.42. The molecule has 0 amide bonds. The zero-order chi connectivity index (χ0) is 8.10. The molecule has 0 atom stereocenters. The maximum atomic E-state index is 5.04. The largest absolute Gasteiger partial charge is 0.497 e. The molecule has 0 bridgehead atoms. The highest BCUT2D eigenvalue weighted by Gasteiger charge is 1.91. The van der Waals surface area contributed by atoms with Crippen LogP contribution in [0.5, 0.6) is 5.75 Å². The van der Waals surface area contributed by atoms with Crippen molar-refractivity contribution in [2.45, 2.75) is 6.54 Å². The van der Waals surface area contributed by atoms with Gasteiger partial charge in [0.1, 0.15) is 5.75 Å². The van der Waals surface area contributed by atoms with Gasteiger partial charge in [0.15, 0.2) is 0 Å². The molecule has 0 aromatic heterocycles. The summed E-state index contributed by atoms with van der Waals surface area (Å²) in [6.45, 7) is 0.650. The lowest BCUT2D eigenvalue weighted by atomic mass is 10.2. The van der Waals surface area contributed by atoms with Crippen molar-refractivity contribution in [2.75, 3.05) is 7.11 Å². The topological polar surface area (TPSA) is 23.3 Å². The van der Waals surface area contributed by atoms with Crippen molar-refractivity contribution in [3.05, 3.63) is 36.9 Å². The van der Waals surface area contributed by atoms with Gasteiger partial charge in [-0.2, -0.15) is 0 Å². The summed E-state index contributed by atoms with van der Waals surface area (Å²) < 4.78 is 5.04. The minimum absolute atomic E-state index is 0.650. The third-order valence-electron chi connectivity index (χ3n) is 1.43. The zero-order valence-electron chi connectivity index (χ0n) is 6.58. The van der Waals surface area contributed by atoms with E-state index in [-0.39, 0.29) is 0 Å². The van der Waals surface area contributed by atoms with Crippen LogP contribution in [0.4, 0.5) is 0 Å². The minimum Gasteiger partial charge on any atom is -0.497 e. The van der Waals surface area contributed by atoms with Crippen LogP contribution in [0.15, 0.2) is 24.3 Å². The Morgan fingerprint density at radius 2 is 2.36 bits per heavy atom. The molecule has 1 radical (unpaired) electrons. The van der Waals surface area contributed by atoms with Crippen LogP contribution >= 0.6 is 0 Å². The van der Waals surface area contributed by atoms with Gasteiger partial charge in [0.2, 0.25) is 0 Å². The van der Waals surface area contributed by atoms with Crippen molar-refractivity contribution in [3.63, 3.8) is 0 Å². The Labute approximate surface area is 67.2 Å². The Hall–Kier alpha value is -1.02. The van der Waals surface area contributed by atoms with Gasteiger partial charge in [-0.1, -0.05) is 12.1 Å². The molecule has 2 nitrogen and oxygen atoms in total. The Balaban J connectivity index is 2.74. The van der Waals surface area contributed by atoms with Gasteiger partial charge in [-0.25, -0.2) is 0 Å². The van der Waals surface area contributed by atoms with E-state index >= 15 is 0 Å². The molecule has 0 N–H and O–H groups in total. The molecule has 11 heavy (non-hydrogen) atoms. The van der Waals surface area contributed by atoms with Crippen LogP contribution < -0.4 is 10.1 Å². The average molecular weight is 149 g/mol. The molecule has 1 aromatic carbocycles. The molecule has 1 rings (SSSR count). The number of hydrogen-bond donors (Lipinski definition) is 0. The van der Waals surface area contributed by atoms with Gasteiger partial charge < -0.3 is 10.1 Å². The lowest BCUT2D eigenvalue weighted by Crippen LogP contribution is -1.94. The van der Waals surface area contributed by atoms with Crippen LogP contribution in [-0.4, -0.2) is 7.11 Å². The van der Waals surface area contributed by atoms with Crippen molar-refractivity contribution in [1.29, 1.82) is 0 Å². The summed E-state index contributed by atoms with van der Waals surface area (Å²) in [5.74, 6) is 0.867. The minimum atomic E-state index is 0.650. The van der Waals surface area contributed by atoms with E-state index in [1.54, 1.807) is 7.11 Å². The zero-order valence-corrected chi connectivity index (χ0v) is 6.58. The predicted octanol–water partition coefficient (Wildman–Crippen LogP) is 1.59. The molecule has 0 spiro atoms. The summed E-state index contributed by atoms with van der Waals surface area (Å²) >= 11 is 0. The van der Waals surface area contributed by atoms with E-state index in [0.29, 0.717) is 6.54 Å². The second-order valence-corrected chi connectivity index (χ2v) is 2.23. The second kappa shape index (κ2) is 3.98. The average Bonchev–Trinajstić information content (AvgIpc) is 2.06. The van der Waals surface area contributed by atoms with Crippen LogP contribution in [0.25, 0.3) is 0 Å². The third kappa shape index (κ3) is 2.24. The fraction of sp³-hybridized carbons (Fsp3) is 0.222. The highest BCUT2D eigenvalue weighted by molar-refractivity contribution is 5.28. The van der Waals surface area contributed by atoms with Crippen LogP contribution in [0.1, 0.15) is 5.56 Å². The predicted molar refractivity (Wildman–Crippen MR) is 44.2 cm³/mol. The first-order chi connectivity index (χ1) is 5.36. The van der Waals surface area contributed by atoms with Gasteiger partial charge in [0, 0.05) is 6.54 Å². The molecule has 0 unspecified atom stereocenters. The second-order valence-electron chi connectivity index (χ2n) is 2.23. The molecule has 2 heteroatoms. The lowest BCUT2D eigenvalue weighted by Gasteiger charge is -2.04. The van der Waals surface area contributed by atoms with E-state index in [9.17, 15) is 0 Å². The maximum absolute atomic E-state index is 5.04. The fourth-order valence-electron chi connectivity index (χ4n) is 0.900. The number of hydrogen-bond acceptors (Lipinski definition) is 1. The molecule has 0 aliphatic rings. The van der Waals surface area contributed by atoms with E-state index < -0.39 is 0 Å². The Morgan fingerprint density at radius 3 is 3.00 bits per heavy atom. The summed E-state index contributed by atoms with van der Waals surface area (Å²) in [6, 6.07) is 7.80. The van der Waals surface area contributed by atoms with Crippen LogP contribution in [-0.2, 0) is 6.54 Å². The standard InChI is InChI=1S/C9H11NO/c1-10-7-8-4-3-5-9(6-8)11-2/h3-6H,1,7H2,2H3/q-1. The molecule has 0 aliphatic carbocycles. The SMILES string of the molecule is [CH2-][N]Cc1cccc(OC)c1. The van der Waals surface area contributed by atoms with E-state index in [1.807, 2.05) is 24.3 Å². The smallest absolute Gasteiger partial charge is 0.119 e. The van der Waals surface area contributed by atoms with Crippen molar-refractivity contribution in [2.24, 2.45) is 0 Å². The molecule has 0 saturated carbocycles. The van der Waals surface area contributed by atoms with Gasteiger partial charge in [0.25, 0.3) is 0 Å². The number of ether oxygens (including phenoxy) is 1. The number of nitrogens with zero attached hydrogens (tertiary/aromatic N) is 1. The number of benzene rings is 1. The Morgan fingerprint density at radius 1 is 1.55 bits per heavy atom. The summed E-state index contributed by atoms with van der Waals surface area (Å²) in [5, 5.41) is 3.78. The van der Waals surface area contributed by atoms with Crippen molar-refractivity contribution >= 4 is 0 Å². The molecule has 0 heterocycles. The summed E-state index contributed by atoms with van der Waals surface area (Å²) in [7, 11) is 5.07. The summed E-state index contributed by atoms with van der Waals surface area (Å²) in [4.78, 5) is 0. The van der Waals surface area contributed by atoms with E-state index in [1.165, 1.54) is 0 Å². The van der Waals surface area contributed by atoms with Crippen molar-refractivity contribution in [1.82, 2.24) is 5.32 Å². The van der Waals surface area contributed by atoms with Crippen LogP contribution in [0.2, 0.25) is 0 Å². The van der Waals surface area contributed by atoms with Gasteiger partial charge in [-0.3, -0.25) is 7.05 Å². The first-order valence-electron chi connectivity index (χ1n) is 3.42. The van der Waals surface area contributed by atoms with Gasteiger partial charge >= 0.3 is 0 Å². The fourth-order valence-corrected chi connectivity index (χ4v) is 0.900. The maximum Gasteiger partial charge on any atom is 0.119 e. The molecule has 0 fully saturated rings. The lowest BCUT2D eigenvalue weighted by molar-refractivity contribution is 0.414. The third-order valence-corrected chi connectivity index (χ3v) is 1.43. The normalized spacial score (nSPS) is 9.64. The molecular weight excluding hydrogens is 138 g/mol.